The topological polar surface area (TPSA) is 61.0 Å². The molecule has 0 saturated heterocycles. The molecule has 2 aromatic rings. The van der Waals surface area contributed by atoms with Crippen LogP contribution in [-0.4, -0.2) is 20.7 Å². The zero-order valence-corrected chi connectivity index (χ0v) is 8.31. The number of alkyl halides is 3. The van der Waals surface area contributed by atoms with Gasteiger partial charge in [-0.3, -0.25) is 10.1 Å². The van der Waals surface area contributed by atoms with Crippen LogP contribution in [0.15, 0.2) is 24.5 Å². The summed E-state index contributed by atoms with van der Waals surface area (Å²) in [5, 5.41) is 10.8. The number of nitrogens with zero attached hydrogens (tertiary/aromatic N) is 3. The molecule has 0 atom stereocenters. The maximum absolute atomic E-state index is 12.2. The van der Waals surface area contributed by atoms with E-state index in [1.165, 1.54) is 18.3 Å². The third-order valence-electron chi connectivity index (χ3n) is 2.15. The van der Waals surface area contributed by atoms with Gasteiger partial charge >= 0.3 is 6.18 Å². The van der Waals surface area contributed by atoms with Crippen LogP contribution in [0.1, 0.15) is 0 Å². The number of hydrogen-bond acceptors (Lipinski definition) is 3. The highest BCUT2D eigenvalue weighted by atomic mass is 19.4. The Morgan fingerprint density at radius 2 is 2.18 bits per heavy atom. The van der Waals surface area contributed by atoms with Crippen LogP contribution in [0.5, 0.6) is 0 Å². The van der Waals surface area contributed by atoms with Gasteiger partial charge in [-0.25, -0.2) is 4.98 Å². The Labute approximate surface area is 92.6 Å². The number of pyridine rings is 1. The summed E-state index contributed by atoms with van der Waals surface area (Å²) in [5.41, 5.74) is -0.171. The van der Waals surface area contributed by atoms with Crippen LogP contribution < -0.4 is 0 Å². The second-order valence-electron chi connectivity index (χ2n) is 3.42. The van der Waals surface area contributed by atoms with Gasteiger partial charge in [0.05, 0.1) is 4.92 Å². The summed E-state index contributed by atoms with van der Waals surface area (Å²) in [6.07, 6.45) is -2.21. The SMILES string of the molecule is O=[N+]([O-])c1cnc2c(ccn2CC(F)(F)F)c1. The number of hydrogen-bond donors (Lipinski definition) is 0. The third kappa shape index (κ3) is 2.35. The first-order valence-corrected chi connectivity index (χ1v) is 4.53. The standard InChI is InChI=1S/C9H6F3N3O2/c10-9(11,12)5-14-2-1-6-3-7(15(16)17)4-13-8(6)14/h1-4H,5H2. The van der Waals surface area contributed by atoms with Crippen LogP contribution >= 0.6 is 0 Å². The van der Waals surface area contributed by atoms with E-state index in [1.807, 2.05) is 0 Å². The molecule has 0 aromatic carbocycles. The van der Waals surface area contributed by atoms with E-state index in [9.17, 15) is 23.3 Å². The van der Waals surface area contributed by atoms with Gasteiger partial charge in [0.15, 0.2) is 0 Å². The first kappa shape index (κ1) is 11.4. The molecule has 2 heterocycles. The van der Waals surface area contributed by atoms with Crippen molar-refractivity contribution < 1.29 is 18.1 Å². The van der Waals surface area contributed by atoms with Gasteiger partial charge in [0.25, 0.3) is 5.69 Å². The number of aromatic nitrogens is 2. The Kier molecular flexibility index (Phi) is 2.49. The fourth-order valence-electron chi connectivity index (χ4n) is 1.49. The van der Waals surface area contributed by atoms with Gasteiger partial charge in [0.2, 0.25) is 0 Å². The van der Waals surface area contributed by atoms with E-state index in [1.54, 1.807) is 0 Å². The Morgan fingerprint density at radius 1 is 1.47 bits per heavy atom. The van der Waals surface area contributed by atoms with Crippen molar-refractivity contribution in [1.82, 2.24) is 9.55 Å². The molecule has 0 radical (unpaired) electrons. The predicted octanol–water partition coefficient (Wildman–Crippen LogP) is 2.51. The van der Waals surface area contributed by atoms with E-state index in [4.69, 9.17) is 0 Å². The minimum atomic E-state index is -4.35. The lowest BCUT2D eigenvalue weighted by molar-refractivity contribution is -0.385. The number of rotatable bonds is 2. The van der Waals surface area contributed by atoms with Crippen molar-refractivity contribution in [3.63, 3.8) is 0 Å². The van der Waals surface area contributed by atoms with Crippen molar-refractivity contribution in [1.29, 1.82) is 0 Å². The van der Waals surface area contributed by atoms with Crippen LogP contribution in [0.2, 0.25) is 0 Å². The van der Waals surface area contributed by atoms with E-state index in [2.05, 4.69) is 4.98 Å². The first-order chi connectivity index (χ1) is 7.87. The van der Waals surface area contributed by atoms with Gasteiger partial charge in [0.1, 0.15) is 18.4 Å². The third-order valence-corrected chi connectivity index (χ3v) is 2.15. The Balaban J connectivity index is 2.45. The molecule has 90 valence electrons. The lowest BCUT2D eigenvalue weighted by atomic mass is 10.3. The summed E-state index contributed by atoms with van der Waals surface area (Å²) < 4.78 is 37.5. The van der Waals surface area contributed by atoms with Gasteiger partial charge in [-0.2, -0.15) is 13.2 Å². The second kappa shape index (κ2) is 3.72. The molecule has 2 aromatic heterocycles. The molecular formula is C9H6F3N3O2. The summed E-state index contributed by atoms with van der Waals surface area (Å²) in [4.78, 5) is 13.5. The summed E-state index contributed by atoms with van der Waals surface area (Å²) in [6.45, 7) is -1.17. The van der Waals surface area contributed by atoms with Crippen molar-refractivity contribution in [2.24, 2.45) is 0 Å². The molecule has 0 aliphatic heterocycles. The molecule has 5 nitrogen and oxygen atoms in total. The molecule has 0 bridgehead atoms. The number of halogens is 3. The van der Waals surface area contributed by atoms with Crippen LogP contribution in [-0.2, 0) is 6.54 Å². The average Bonchev–Trinajstić information content (AvgIpc) is 2.58. The van der Waals surface area contributed by atoms with Crippen molar-refractivity contribution in [3.05, 3.63) is 34.6 Å². The van der Waals surface area contributed by atoms with Crippen LogP contribution in [0.3, 0.4) is 0 Å². The van der Waals surface area contributed by atoms with Crippen molar-refractivity contribution >= 4 is 16.7 Å². The zero-order chi connectivity index (χ0) is 12.6. The molecule has 0 unspecified atom stereocenters. The number of nitro groups is 1. The highest BCUT2D eigenvalue weighted by Gasteiger charge is 2.28. The normalized spacial score (nSPS) is 11.9. The highest BCUT2D eigenvalue weighted by molar-refractivity contribution is 5.78. The summed E-state index contributed by atoms with van der Waals surface area (Å²) in [7, 11) is 0. The molecule has 0 saturated carbocycles. The van der Waals surface area contributed by atoms with Crippen molar-refractivity contribution in [3.8, 4) is 0 Å². The van der Waals surface area contributed by atoms with Crippen LogP contribution in [0.4, 0.5) is 18.9 Å². The van der Waals surface area contributed by atoms with Crippen molar-refractivity contribution in [2.75, 3.05) is 0 Å². The zero-order valence-electron chi connectivity index (χ0n) is 8.31. The quantitative estimate of drug-likeness (QED) is 0.603. The molecule has 0 aliphatic rings. The summed E-state index contributed by atoms with van der Waals surface area (Å²) in [5.74, 6) is 0. The minimum absolute atomic E-state index is 0.0768. The smallest absolute Gasteiger partial charge is 0.323 e. The maximum atomic E-state index is 12.2. The fourth-order valence-corrected chi connectivity index (χ4v) is 1.49. The fraction of sp³-hybridized carbons (Fsp3) is 0.222. The van der Waals surface area contributed by atoms with Crippen LogP contribution in [0, 0.1) is 10.1 Å². The highest BCUT2D eigenvalue weighted by Crippen LogP contribution is 2.23. The van der Waals surface area contributed by atoms with E-state index < -0.39 is 17.6 Å². The first-order valence-electron chi connectivity index (χ1n) is 4.53. The van der Waals surface area contributed by atoms with Gasteiger partial charge in [-0.1, -0.05) is 0 Å². The molecule has 0 aliphatic carbocycles. The monoisotopic (exact) mass is 245 g/mol. The lowest BCUT2D eigenvalue weighted by Gasteiger charge is -2.07. The molecule has 17 heavy (non-hydrogen) atoms. The van der Waals surface area contributed by atoms with Gasteiger partial charge in [-0.05, 0) is 6.07 Å². The molecule has 8 heteroatoms. The average molecular weight is 245 g/mol. The van der Waals surface area contributed by atoms with E-state index in [0.717, 1.165) is 10.8 Å². The number of fused-ring (bicyclic) bond motifs is 1. The minimum Gasteiger partial charge on any atom is -0.323 e. The summed E-state index contributed by atoms with van der Waals surface area (Å²) >= 11 is 0. The Bertz CT molecular complexity index is 576. The Hall–Kier alpha value is -2.12. The Morgan fingerprint density at radius 3 is 2.76 bits per heavy atom. The maximum Gasteiger partial charge on any atom is 0.406 e. The molecule has 2 rings (SSSR count). The molecule has 0 N–H and O–H groups in total. The van der Waals surface area contributed by atoms with Gasteiger partial charge in [0, 0.05) is 17.6 Å². The molecule has 0 amide bonds. The van der Waals surface area contributed by atoms with Crippen LogP contribution in [0.25, 0.3) is 11.0 Å². The van der Waals surface area contributed by atoms with Crippen molar-refractivity contribution in [2.45, 2.75) is 12.7 Å². The van der Waals surface area contributed by atoms with Gasteiger partial charge < -0.3 is 4.57 Å². The summed E-state index contributed by atoms with van der Waals surface area (Å²) in [6, 6.07) is 2.55. The van der Waals surface area contributed by atoms with E-state index in [0.29, 0.717) is 5.39 Å². The van der Waals surface area contributed by atoms with E-state index in [-0.39, 0.29) is 11.3 Å². The predicted molar refractivity (Wildman–Crippen MR) is 52.4 cm³/mol. The largest absolute Gasteiger partial charge is 0.406 e. The van der Waals surface area contributed by atoms with E-state index >= 15 is 0 Å². The molecule has 0 spiro atoms. The molecule has 0 fully saturated rings. The molecular weight excluding hydrogens is 239 g/mol. The lowest BCUT2D eigenvalue weighted by Crippen LogP contribution is -2.17. The second-order valence-corrected chi connectivity index (χ2v) is 3.42. The van der Waals surface area contributed by atoms with Gasteiger partial charge in [-0.15, -0.1) is 0 Å².